The third-order valence-corrected chi connectivity index (χ3v) is 3.46. The van der Waals surface area contributed by atoms with Gasteiger partial charge in [0.05, 0.1) is 6.10 Å². The smallest absolute Gasteiger partial charge is 0.0729 e. The Kier molecular flexibility index (Phi) is 2.33. The van der Waals surface area contributed by atoms with Crippen LogP contribution in [-0.4, -0.2) is 24.9 Å². The van der Waals surface area contributed by atoms with Gasteiger partial charge in [0.2, 0.25) is 0 Å². The van der Waals surface area contributed by atoms with Crippen LogP contribution < -0.4 is 0 Å². The van der Waals surface area contributed by atoms with Crippen LogP contribution in [0.4, 0.5) is 0 Å². The molecular weight excluding hydrogens is 176 g/mol. The van der Waals surface area contributed by atoms with Gasteiger partial charge in [0.15, 0.2) is 0 Å². The molecule has 0 bridgehead atoms. The Balaban J connectivity index is 2.27. The summed E-state index contributed by atoms with van der Waals surface area (Å²) in [7, 11) is 1.71. The number of hydrogen-bond donors (Lipinski definition) is 1. The lowest BCUT2D eigenvalue weighted by atomic mass is 9.95. The highest BCUT2D eigenvalue weighted by molar-refractivity contribution is 5.36. The van der Waals surface area contributed by atoms with Crippen molar-refractivity contribution in [2.24, 2.45) is 5.92 Å². The molecule has 0 amide bonds. The fraction of sp³-hybridized carbons (Fsp3) is 0.500. The van der Waals surface area contributed by atoms with E-state index in [0.29, 0.717) is 0 Å². The molecule has 76 valence electrons. The van der Waals surface area contributed by atoms with Gasteiger partial charge >= 0.3 is 0 Å². The second kappa shape index (κ2) is 3.37. The summed E-state index contributed by atoms with van der Waals surface area (Å²) in [6, 6.07) is 10.3. The molecule has 1 saturated carbocycles. The predicted molar refractivity (Wildman–Crippen MR) is 55.2 cm³/mol. The minimum atomic E-state index is 0.00472. The first-order chi connectivity index (χ1) is 6.75. The van der Waals surface area contributed by atoms with Crippen LogP contribution >= 0.6 is 0 Å². The van der Waals surface area contributed by atoms with Crippen molar-refractivity contribution in [2.45, 2.75) is 18.4 Å². The molecule has 0 radical (unpaired) electrons. The normalized spacial score (nSPS) is 35.6. The van der Waals surface area contributed by atoms with E-state index in [1.165, 1.54) is 5.56 Å². The molecule has 14 heavy (non-hydrogen) atoms. The van der Waals surface area contributed by atoms with Gasteiger partial charge in [-0.1, -0.05) is 37.3 Å². The molecule has 0 aliphatic heterocycles. The number of hydrogen-bond acceptors (Lipinski definition) is 2. The fourth-order valence-corrected chi connectivity index (χ4v) is 2.43. The van der Waals surface area contributed by atoms with E-state index in [2.05, 4.69) is 19.1 Å². The monoisotopic (exact) mass is 192 g/mol. The third kappa shape index (κ3) is 1.18. The van der Waals surface area contributed by atoms with Crippen LogP contribution in [0.5, 0.6) is 0 Å². The SMILES string of the molecule is CO[C@@H]1[C@@H](CO)[C@@]1(C)c1ccccc1. The molecule has 1 aliphatic carbocycles. The Morgan fingerprint density at radius 1 is 1.36 bits per heavy atom. The first-order valence-electron chi connectivity index (χ1n) is 4.94. The lowest BCUT2D eigenvalue weighted by Crippen LogP contribution is -2.09. The van der Waals surface area contributed by atoms with Gasteiger partial charge in [0, 0.05) is 25.0 Å². The van der Waals surface area contributed by atoms with Crippen LogP contribution in [0.25, 0.3) is 0 Å². The summed E-state index contributed by atoms with van der Waals surface area (Å²) in [6.45, 7) is 2.35. The molecular formula is C12H16O2. The van der Waals surface area contributed by atoms with Crippen LogP contribution in [0.3, 0.4) is 0 Å². The molecule has 2 heteroatoms. The molecule has 2 nitrogen and oxygen atoms in total. The Labute approximate surface area is 84.5 Å². The lowest BCUT2D eigenvalue weighted by molar-refractivity contribution is 0.144. The zero-order chi connectivity index (χ0) is 10.2. The molecule has 0 spiro atoms. The van der Waals surface area contributed by atoms with Crippen LogP contribution in [0.2, 0.25) is 0 Å². The van der Waals surface area contributed by atoms with Crippen LogP contribution in [0.15, 0.2) is 30.3 Å². The second-order valence-corrected chi connectivity index (χ2v) is 4.09. The standard InChI is InChI=1S/C12H16O2/c1-12(9-6-4-3-5-7-9)10(8-13)11(12)14-2/h3-7,10-11,13H,8H2,1-2H3/t10-,11-,12-/m1/s1. The highest BCUT2D eigenvalue weighted by Gasteiger charge is 2.62. The van der Waals surface area contributed by atoms with Gasteiger partial charge in [-0.05, 0) is 5.56 Å². The van der Waals surface area contributed by atoms with Crippen molar-refractivity contribution in [3.63, 3.8) is 0 Å². The second-order valence-electron chi connectivity index (χ2n) is 4.09. The van der Waals surface area contributed by atoms with Crippen molar-refractivity contribution < 1.29 is 9.84 Å². The van der Waals surface area contributed by atoms with Crippen molar-refractivity contribution in [1.29, 1.82) is 0 Å². The molecule has 0 unspecified atom stereocenters. The van der Waals surface area contributed by atoms with E-state index >= 15 is 0 Å². The van der Waals surface area contributed by atoms with E-state index < -0.39 is 0 Å². The topological polar surface area (TPSA) is 29.5 Å². The molecule has 0 heterocycles. The summed E-state index contributed by atoms with van der Waals surface area (Å²) in [4.78, 5) is 0. The quantitative estimate of drug-likeness (QED) is 0.788. The molecule has 0 saturated heterocycles. The number of rotatable bonds is 3. The molecule has 1 N–H and O–H groups in total. The fourth-order valence-electron chi connectivity index (χ4n) is 2.43. The third-order valence-electron chi connectivity index (χ3n) is 3.46. The van der Waals surface area contributed by atoms with E-state index in [9.17, 15) is 5.11 Å². The van der Waals surface area contributed by atoms with Crippen molar-refractivity contribution in [2.75, 3.05) is 13.7 Å². The molecule has 1 aliphatic rings. The van der Waals surface area contributed by atoms with Crippen LogP contribution in [0.1, 0.15) is 12.5 Å². The maximum absolute atomic E-state index is 9.22. The first kappa shape index (κ1) is 9.69. The lowest BCUT2D eigenvalue weighted by Gasteiger charge is -2.10. The summed E-state index contributed by atoms with van der Waals surface area (Å²) in [5.74, 6) is 0.245. The molecule has 2 rings (SSSR count). The Morgan fingerprint density at radius 3 is 2.43 bits per heavy atom. The zero-order valence-electron chi connectivity index (χ0n) is 8.60. The summed E-state index contributed by atoms with van der Waals surface area (Å²) in [5.41, 5.74) is 1.26. The van der Waals surface area contributed by atoms with Gasteiger partial charge in [-0.25, -0.2) is 0 Å². The van der Waals surface area contributed by atoms with E-state index in [1.54, 1.807) is 7.11 Å². The van der Waals surface area contributed by atoms with Gasteiger partial charge in [0.1, 0.15) is 0 Å². The summed E-state index contributed by atoms with van der Waals surface area (Å²) in [5, 5.41) is 9.22. The summed E-state index contributed by atoms with van der Waals surface area (Å²) >= 11 is 0. The average Bonchev–Trinajstić information content (AvgIpc) is 2.85. The van der Waals surface area contributed by atoms with Crippen molar-refractivity contribution in [3.8, 4) is 0 Å². The van der Waals surface area contributed by atoms with Crippen molar-refractivity contribution in [3.05, 3.63) is 35.9 Å². The average molecular weight is 192 g/mol. The zero-order valence-corrected chi connectivity index (χ0v) is 8.60. The van der Waals surface area contributed by atoms with Gasteiger partial charge in [-0.2, -0.15) is 0 Å². The maximum Gasteiger partial charge on any atom is 0.0729 e. The molecule has 1 fully saturated rings. The minimum Gasteiger partial charge on any atom is -0.396 e. The molecule has 0 aromatic heterocycles. The van der Waals surface area contributed by atoms with E-state index in [0.717, 1.165) is 0 Å². The molecule has 1 aromatic rings. The summed E-state index contributed by atoms with van der Waals surface area (Å²) < 4.78 is 5.37. The number of ether oxygens (including phenoxy) is 1. The Hall–Kier alpha value is -0.860. The Morgan fingerprint density at radius 2 is 2.00 bits per heavy atom. The summed E-state index contributed by atoms with van der Waals surface area (Å²) in [6.07, 6.45) is 0.162. The van der Waals surface area contributed by atoms with E-state index in [4.69, 9.17) is 4.74 Å². The van der Waals surface area contributed by atoms with Crippen molar-refractivity contribution >= 4 is 0 Å². The van der Waals surface area contributed by atoms with Crippen molar-refractivity contribution in [1.82, 2.24) is 0 Å². The number of aliphatic hydroxyl groups is 1. The highest BCUT2D eigenvalue weighted by atomic mass is 16.5. The number of aliphatic hydroxyl groups excluding tert-OH is 1. The predicted octanol–water partition coefficient (Wildman–Crippen LogP) is 1.58. The molecule has 1 aromatic carbocycles. The van der Waals surface area contributed by atoms with E-state index in [-0.39, 0.29) is 24.0 Å². The van der Waals surface area contributed by atoms with Crippen LogP contribution in [-0.2, 0) is 10.2 Å². The largest absolute Gasteiger partial charge is 0.396 e. The van der Waals surface area contributed by atoms with Crippen LogP contribution in [0, 0.1) is 5.92 Å². The highest BCUT2D eigenvalue weighted by Crippen LogP contribution is 2.55. The number of benzene rings is 1. The van der Waals surface area contributed by atoms with E-state index in [1.807, 2.05) is 18.2 Å². The Bertz CT molecular complexity index is 297. The minimum absolute atomic E-state index is 0.00472. The van der Waals surface area contributed by atoms with Gasteiger partial charge in [0.25, 0.3) is 0 Å². The number of methoxy groups -OCH3 is 1. The van der Waals surface area contributed by atoms with Gasteiger partial charge in [-0.15, -0.1) is 0 Å². The maximum atomic E-state index is 9.22. The van der Waals surface area contributed by atoms with Gasteiger partial charge in [-0.3, -0.25) is 0 Å². The first-order valence-corrected chi connectivity index (χ1v) is 4.94. The van der Waals surface area contributed by atoms with Gasteiger partial charge < -0.3 is 9.84 Å². The molecule has 3 atom stereocenters.